The summed E-state index contributed by atoms with van der Waals surface area (Å²) in [4.78, 5) is 0. The van der Waals surface area contributed by atoms with Crippen molar-refractivity contribution < 1.29 is 0 Å². The molecule has 19 heavy (non-hydrogen) atoms. The predicted molar refractivity (Wildman–Crippen MR) is 79.1 cm³/mol. The number of nitrogens with two attached hydrogens (primary N) is 1. The van der Waals surface area contributed by atoms with Crippen LogP contribution in [0.3, 0.4) is 0 Å². The van der Waals surface area contributed by atoms with Gasteiger partial charge in [-0.25, -0.2) is 0 Å². The zero-order valence-corrected chi connectivity index (χ0v) is 12.3. The topological polar surface area (TPSA) is 43.8 Å². The highest BCUT2D eigenvalue weighted by molar-refractivity contribution is 5.33. The van der Waals surface area contributed by atoms with E-state index in [4.69, 9.17) is 5.73 Å². The average molecular weight is 257 g/mol. The fourth-order valence-corrected chi connectivity index (χ4v) is 2.50. The minimum absolute atomic E-state index is 0.0177. The van der Waals surface area contributed by atoms with E-state index >= 15 is 0 Å². The molecule has 102 valence electrons. The number of hydrogen-bond acceptors (Lipinski definition) is 2. The Bertz CT molecular complexity index is 569. The lowest BCUT2D eigenvalue weighted by Crippen LogP contribution is -2.15. The first-order chi connectivity index (χ1) is 9.01. The quantitative estimate of drug-likeness (QED) is 0.915. The van der Waals surface area contributed by atoms with Gasteiger partial charge in [-0.05, 0) is 37.8 Å². The zero-order chi connectivity index (χ0) is 14.0. The van der Waals surface area contributed by atoms with Gasteiger partial charge >= 0.3 is 0 Å². The van der Waals surface area contributed by atoms with Crippen molar-refractivity contribution in [3.63, 3.8) is 0 Å². The van der Waals surface area contributed by atoms with Gasteiger partial charge in [-0.15, -0.1) is 0 Å². The summed E-state index contributed by atoms with van der Waals surface area (Å²) in [5.41, 5.74) is 12.6. The molecule has 2 N–H and O–H groups in total. The maximum Gasteiger partial charge on any atom is 0.0669 e. The van der Waals surface area contributed by atoms with E-state index in [-0.39, 0.29) is 6.04 Å². The Kier molecular flexibility index (Phi) is 4.05. The lowest BCUT2D eigenvalue weighted by Gasteiger charge is -2.14. The summed E-state index contributed by atoms with van der Waals surface area (Å²) in [7, 11) is 1.95. The molecule has 0 fully saturated rings. The summed E-state index contributed by atoms with van der Waals surface area (Å²) < 4.78 is 1.86. The van der Waals surface area contributed by atoms with Gasteiger partial charge in [0.25, 0.3) is 0 Å². The van der Waals surface area contributed by atoms with Gasteiger partial charge in [0, 0.05) is 24.8 Å². The standard InChI is InChI=1S/C16H23N3/c1-5-16-14(10-19(4)18-16)15(17)9-13-8-11(2)6-7-12(13)3/h6-8,10,15H,5,9,17H2,1-4H3. The minimum Gasteiger partial charge on any atom is -0.324 e. The van der Waals surface area contributed by atoms with Crippen LogP contribution in [-0.4, -0.2) is 9.78 Å². The molecule has 0 aliphatic carbocycles. The Hall–Kier alpha value is -1.61. The molecule has 3 heteroatoms. The molecule has 2 rings (SSSR count). The molecule has 0 radical (unpaired) electrons. The molecular weight excluding hydrogens is 234 g/mol. The minimum atomic E-state index is 0.0177. The van der Waals surface area contributed by atoms with Crippen LogP contribution in [0.1, 0.15) is 40.9 Å². The Morgan fingerprint density at radius 1 is 1.32 bits per heavy atom. The second-order valence-corrected chi connectivity index (χ2v) is 5.30. The number of nitrogens with zero attached hydrogens (tertiary/aromatic N) is 2. The molecule has 0 spiro atoms. The number of rotatable bonds is 4. The van der Waals surface area contributed by atoms with Crippen LogP contribution in [0.15, 0.2) is 24.4 Å². The van der Waals surface area contributed by atoms with Crippen LogP contribution in [-0.2, 0) is 19.9 Å². The molecule has 1 aromatic heterocycles. The Labute approximate surface area is 115 Å². The lowest BCUT2D eigenvalue weighted by atomic mass is 9.95. The number of benzene rings is 1. The zero-order valence-electron chi connectivity index (χ0n) is 12.3. The van der Waals surface area contributed by atoms with E-state index in [2.05, 4.69) is 50.3 Å². The third kappa shape index (κ3) is 3.04. The number of aryl methyl sites for hydroxylation is 4. The molecule has 3 nitrogen and oxygen atoms in total. The maximum absolute atomic E-state index is 6.38. The maximum atomic E-state index is 6.38. The molecule has 1 atom stereocenters. The largest absolute Gasteiger partial charge is 0.324 e. The van der Waals surface area contributed by atoms with Crippen LogP contribution in [0.4, 0.5) is 0 Å². The second-order valence-electron chi connectivity index (χ2n) is 5.30. The second kappa shape index (κ2) is 5.57. The van der Waals surface area contributed by atoms with Crippen molar-refractivity contribution in [1.82, 2.24) is 9.78 Å². The number of aromatic nitrogens is 2. The Balaban J connectivity index is 2.25. The van der Waals surface area contributed by atoms with Crippen molar-refractivity contribution in [3.05, 3.63) is 52.3 Å². The van der Waals surface area contributed by atoms with Crippen LogP contribution in [0.25, 0.3) is 0 Å². The van der Waals surface area contributed by atoms with Crippen LogP contribution in [0.2, 0.25) is 0 Å². The average Bonchev–Trinajstić information content (AvgIpc) is 2.75. The van der Waals surface area contributed by atoms with Crippen molar-refractivity contribution in [3.8, 4) is 0 Å². The highest BCUT2D eigenvalue weighted by Gasteiger charge is 2.15. The molecule has 0 bridgehead atoms. The fourth-order valence-electron chi connectivity index (χ4n) is 2.50. The first-order valence-electron chi connectivity index (χ1n) is 6.85. The van der Waals surface area contributed by atoms with Crippen molar-refractivity contribution >= 4 is 0 Å². The molecule has 0 saturated heterocycles. The molecule has 0 aliphatic heterocycles. The van der Waals surface area contributed by atoms with Gasteiger partial charge in [0.1, 0.15) is 0 Å². The van der Waals surface area contributed by atoms with Crippen LogP contribution in [0.5, 0.6) is 0 Å². The van der Waals surface area contributed by atoms with Crippen LogP contribution >= 0.6 is 0 Å². The lowest BCUT2D eigenvalue weighted by molar-refractivity contribution is 0.708. The van der Waals surface area contributed by atoms with Gasteiger partial charge in [0.2, 0.25) is 0 Å². The van der Waals surface area contributed by atoms with Crippen molar-refractivity contribution in [2.24, 2.45) is 12.8 Å². The van der Waals surface area contributed by atoms with Gasteiger partial charge in [0.15, 0.2) is 0 Å². The molecule has 1 aromatic carbocycles. The fraction of sp³-hybridized carbons (Fsp3) is 0.438. The van der Waals surface area contributed by atoms with E-state index in [9.17, 15) is 0 Å². The van der Waals surface area contributed by atoms with Gasteiger partial charge in [-0.3, -0.25) is 4.68 Å². The molecule has 1 heterocycles. The Morgan fingerprint density at radius 3 is 2.74 bits per heavy atom. The third-order valence-electron chi connectivity index (χ3n) is 3.62. The summed E-state index contributed by atoms with van der Waals surface area (Å²) in [5.74, 6) is 0. The molecule has 0 saturated carbocycles. The predicted octanol–water partition coefficient (Wildman–Crippen LogP) is 2.84. The molecular formula is C16H23N3. The first kappa shape index (κ1) is 13.8. The number of hydrogen-bond donors (Lipinski definition) is 1. The highest BCUT2D eigenvalue weighted by atomic mass is 15.3. The molecule has 2 aromatic rings. The van der Waals surface area contributed by atoms with Gasteiger partial charge in [0.05, 0.1) is 5.69 Å². The van der Waals surface area contributed by atoms with Crippen molar-refractivity contribution in [1.29, 1.82) is 0 Å². The van der Waals surface area contributed by atoms with E-state index in [0.29, 0.717) is 0 Å². The van der Waals surface area contributed by atoms with E-state index in [1.807, 2.05) is 11.7 Å². The molecule has 1 unspecified atom stereocenters. The van der Waals surface area contributed by atoms with Crippen molar-refractivity contribution in [2.45, 2.75) is 39.7 Å². The van der Waals surface area contributed by atoms with Crippen LogP contribution < -0.4 is 5.73 Å². The summed E-state index contributed by atoms with van der Waals surface area (Å²) in [6.07, 6.45) is 3.84. The van der Waals surface area contributed by atoms with Gasteiger partial charge in [-0.1, -0.05) is 30.7 Å². The van der Waals surface area contributed by atoms with E-state index in [1.165, 1.54) is 22.3 Å². The monoisotopic (exact) mass is 257 g/mol. The normalized spacial score (nSPS) is 12.7. The molecule has 0 amide bonds. The van der Waals surface area contributed by atoms with E-state index < -0.39 is 0 Å². The highest BCUT2D eigenvalue weighted by Crippen LogP contribution is 2.22. The van der Waals surface area contributed by atoms with Crippen molar-refractivity contribution in [2.75, 3.05) is 0 Å². The van der Waals surface area contributed by atoms with E-state index in [0.717, 1.165) is 18.5 Å². The SMILES string of the molecule is CCc1nn(C)cc1C(N)Cc1cc(C)ccc1C. The summed E-state index contributed by atoms with van der Waals surface area (Å²) in [6.45, 7) is 6.39. The van der Waals surface area contributed by atoms with Gasteiger partial charge < -0.3 is 5.73 Å². The summed E-state index contributed by atoms with van der Waals surface area (Å²) >= 11 is 0. The van der Waals surface area contributed by atoms with E-state index in [1.54, 1.807) is 0 Å². The summed E-state index contributed by atoms with van der Waals surface area (Å²) in [6, 6.07) is 6.56. The van der Waals surface area contributed by atoms with Crippen LogP contribution in [0, 0.1) is 13.8 Å². The van der Waals surface area contributed by atoms with Gasteiger partial charge in [-0.2, -0.15) is 5.10 Å². The Morgan fingerprint density at radius 2 is 2.05 bits per heavy atom. The summed E-state index contributed by atoms with van der Waals surface area (Å²) in [5, 5.41) is 4.47. The molecule has 0 aliphatic rings. The third-order valence-corrected chi connectivity index (χ3v) is 3.62. The first-order valence-corrected chi connectivity index (χ1v) is 6.85. The smallest absolute Gasteiger partial charge is 0.0669 e.